The van der Waals surface area contributed by atoms with Gasteiger partial charge in [-0.25, -0.2) is 9.86 Å². The van der Waals surface area contributed by atoms with Gasteiger partial charge in [-0.3, -0.25) is 4.84 Å². The van der Waals surface area contributed by atoms with Gasteiger partial charge in [-0.2, -0.15) is 0 Å². The van der Waals surface area contributed by atoms with Crippen molar-refractivity contribution in [1.82, 2.24) is 10.4 Å². The molecule has 0 saturated heterocycles. The average Bonchev–Trinajstić information content (AvgIpc) is 2.33. The fraction of sp³-hybridized carbons (Fsp3) is 0.923. The van der Waals surface area contributed by atoms with Crippen molar-refractivity contribution in [3.8, 4) is 0 Å². The second kappa shape index (κ2) is 4.48. The number of hydrogen-bond acceptors (Lipinski definition) is 2. The van der Waals surface area contributed by atoms with Gasteiger partial charge in [0, 0.05) is 13.1 Å². The van der Waals surface area contributed by atoms with E-state index in [-0.39, 0.29) is 11.4 Å². The molecule has 2 amide bonds. The monoisotopic (exact) mass is 240 g/mol. The molecule has 0 aromatic heterocycles. The summed E-state index contributed by atoms with van der Waals surface area (Å²) >= 11 is 0. The SMILES string of the molecule is CON(C)C(=O)N[C@@H]1C2CCC(CC2)C1(C)C. The first kappa shape index (κ1) is 12.7. The molecular weight excluding hydrogens is 216 g/mol. The van der Waals surface area contributed by atoms with E-state index in [1.807, 2.05) is 0 Å². The van der Waals surface area contributed by atoms with E-state index in [1.54, 1.807) is 7.05 Å². The number of carbonyl (C=O) groups excluding carboxylic acids is 1. The maximum Gasteiger partial charge on any atom is 0.341 e. The zero-order chi connectivity index (χ0) is 12.6. The molecule has 3 aliphatic carbocycles. The smallest absolute Gasteiger partial charge is 0.333 e. The van der Waals surface area contributed by atoms with Gasteiger partial charge >= 0.3 is 6.03 Å². The quantitative estimate of drug-likeness (QED) is 0.753. The van der Waals surface area contributed by atoms with Gasteiger partial charge < -0.3 is 5.32 Å². The van der Waals surface area contributed by atoms with Gasteiger partial charge in [0.25, 0.3) is 0 Å². The molecule has 4 heteroatoms. The van der Waals surface area contributed by atoms with Crippen molar-refractivity contribution in [1.29, 1.82) is 0 Å². The Kier molecular flexibility index (Phi) is 3.34. The van der Waals surface area contributed by atoms with Crippen molar-refractivity contribution < 1.29 is 9.63 Å². The second-order valence-electron chi connectivity index (χ2n) is 6.04. The zero-order valence-electron chi connectivity index (χ0n) is 11.3. The lowest BCUT2D eigenvalue weighted by Gasteiger charge is -2.54. The van der Waals surface area contributed by atoms with Crippen LogP contribution >= 0.6 is 0 Å². The minimum atomic E-state index is -0.127. The molecule has 0 aromatic rings. The molecule has 1 N–H and O–H groups in total. The molecule has 0 radical (unpaired) electrons. The first-order valence-electron chi connectivity index (χ1n) is 6.55. The molecule has 98 valence electrons. The van der Waals surface area contributed by atoms with Crippen molar-refractivity contribution in [2.45, 2.75) is 45.6 Å². The van der Waals surface area contributed by atoms with Gasteiger partial charge in [0.05, 0.1) is 7.11 Å². The minimum Gasteiger partial charge on any atom is -0.333 e. The lowest BCUT2D eigenvalue weighted by atomic mass is 9.54. The Hall–Kier alpha value is -0.770. The van der Waals surface area contributed by atoms with Crippen LogP contribution < -0.4 is 5.32 Å². The van der Waals surface area contributed by atoms with Crippen molar-refractivity contribution in [3.63, 3.8) is 0 Å². The Morgan fingerprint density at radius 2 is 1.88 bits per heavy atom. The number of nitrogens with zero attached hydrogens (tertiary/aromatic N) is 1. The molecule has 2 bridgehead atoms. The van der Waals surface area contributed by atoms with Crippen LogP contribution in [0.3, 0.4) is 0 Å². The van der Waals surface area contributed by atoms with E-state index >= 15 is 0 Å². The third kappa shape index (κ3) is 2.15. The fourth-order valence-electron chi connectivity index (χ4n) is 3.67. The van der Waals surface area contributed by atoms with Crippen molar-refractivity contribution >= 4 is 6.03 Å². The lowest BCUT2D eigenvalue weighted by molar-refractivity contribution is -0.0736. The van der Waals surface area contributed by atoms with Gasteiger partial charge in [0.15, 0.2) is 0 Å². The molecule has 0 heterocycles. The molecule has 0 unspecified atom stereocenters. The third-order valence-electron chi connectivity index (χ3n) is 4.94. The molecule has 0 aromatic carbocycles. The van der Waals surface area contributed by atoms with E-state index in [0.29, 0.717) is 12.0 Å². The molecule has 17 heavy (non-hydrogen) atoms. The summed E-state index contributed by atoms with van der Waals surface area (Å²) in [5, 5.41) is 4.42. The Labute approximate surface area is 104 Å². The van der Waals surface area contributed by atoms with E-state index in [1.165, 1.54) is 37.9 Å². The van der Waals surface area contributed by atoms with E-state index in [2.05, 4.69) is 19.2 Å². The minimum absolute atomic E-state index is 0.127. The summed E-state index contributed by atoms with van der Waals surface area (Å²) in [5.74, 6) is 1.40. The molecule has 1 atom stereocenters. The van der Waals surface area contributed by atoms with E-state index in [0.717, 1.165) is 5.92 Å². The summed E-state index contributed by atoms with van der Waals surface area (Å²) in [4.78, 5) is 16.8. The zero-order valence-corrected chi connectivity index (χ0v) is 11.3. The van der Waals surface area contributed by atoms with Crippen LogP contribution in [-0.4, -0.2) is 31.3 Å². The number of urea groups is 1. The van der Waals surface area contributed by atoms with Crippen LogP contribution in [0.2, 0.25) is 0 Å². The maximum atomic E-state index is 11.9. The Morgan fingerprint density at radius 1 is 1.29 bits per heavy atom. The van der Waals surface area contributed by atoms with Crippen LogP contribution in [0.15, 0.2) is 0 Å². The first-order chi connectivity index (χ1) is 7.96. The molecule has 4 nitrogen and oxygen atoms in total. The summed E-state index contributed by atoms with van der Waals surface area (Å²) in [5.41, 5.74) is 0.214. The fourth-order valence-corrected chi connectivity index (χ4v) is 3.67. The normalized spacial score (nSPS) is 34.5. The van der Waals surface area contributed by atoms with Gasteiger partial charge in [-0.05, 0) is 42.9 Å². The molecular formula is C13H24N2O2. The topological polar surface area (TPSA) is 41.6 Å². The van der Waals surface area contributed by atoms with Crippen LogP contribution in [0.4, 0.5) is 4.79 Å². The molecule has 0 aliphatic heterocycles. The second-order valence-corrected chi connectivity index (χ2v) is 6.04. The van der Waals surface area contributed by atoms with Crippen LogP contribution in [0, 0.1) is 17.3 Å². The summed E-state index contributed by atoms with van der Waals surface area (Å²) in [6.07, 6.45) is 5.17. The first-order valence-corrected chi connectivity index (χ1v) is 6.55. The van der Waals surface area contributed by atoms with Crippen LogP contribution in [0.25, 0.3) is 0 Å². The van der Waals surface area contributed by atoms with Gasteiger partial charge in [0.1, 0.15) is 0 Å². The van der Waals surface area contributed by atoms with E-state index in [9.17, 15) is 4.79 Å². The lowest BCUT2D eigenvalue weighted by Crippen LogP contribution is -2.59. The number of carbonyl (C=O) groups is 1. The number of fused-ring (bicyclic) bond motifs is 3. The number of amides is 2. The molecule has 3 saturated carbocycles. The van der Waals surface area contributed by atoms with Crippen LogP contribution in [0.5, 0.6) is 0 Å². The number of hydrogen-bond donors (Lipinski definition) is 1. The highest BCUT2D eigenvalue weighted by molar-refractivity contribution is 5.73. The molecule has 3 fully saturated rings. The number of hydroxylamine groups is 2. The van der Waals surface area contributed by atoms with E-state index < -0.39 is 0 Å². The predicted octanol–water partition coefficient (Wildman–Crippen LogP) is 2.40. The highest BCUT2D eigenvalue weighted by Crippen LogP contribution is 2.52. The van der Waals surface area contributed by atoms with Gasteiger partial charge in [0.2, 0.25) is 0 Å². The summed E-state index contributed by atoms with van der Waals surface area (Å²) in [6, 6.07) is 0.165. The van der Waals surface area contributed by atoms with Gasteiger partial charge in [-0.15, -0.1) is 0 Å². The van der Waals surface area contributed by atoms with Crippen molar-refractivity contribution in [3.05, 3.63) is 0 Å². The Bertz CT molecular complexity index is 296. The van der Waals surface area contributed by atoms with Crippen LogP contribution in [0.1, 0.15) is 39.5 Å². The maximum absolute atomic E-state index is 11.9. The van der Waals surface area contributed by atoms with Crippen LogP contribution in [-0.2, 0) is 4.84 Å². The van der Waals surface area contributed by atoms with Gasteiger partial charge in [-0.1, -0.05) is 13.8 Å². The Balaban J connectivity index is 2.07. The third-order valence-corrected chi connectivity index (χ3v) is 4.94. The molecule has 3 aliphatic rings. The number of rotatable bonds is 2. The highest BCUT2D eigenvalue weighted by atomic mass is 16.7. The average molecular weight is 240 g/mol. The summed E-state index contributed by atoms with van der Waals surface area (Å²) in [6.45, 7) is 4.58. The standard InChI is InChI=1S/C13H24N2O2/c1-13(2)10-7-5-9(6-8-10)11(13)14-12(16)15(3)17-4/h9-11H,5-8H2,1-4H3,(H,14,16)/t9?,10?,11-/m1/s1. The van der Waals surface area contributed by atoms with Crippen molar-refractivity contribution in [2.24, 2.45) is 17.3 Å². The predicted molar refractivity (Wildman–Crippen MR) is 66.3 cm³/mol. The highest BCUT2D eigenvalue weighted by Gasteiger charge is 2.49. The Morgan fingerprint density at radius 3 is 2.35 bits per heavy atom. The molecule has 0 spiro atoms. The number of nitrogens with one attached hydrogen (secondary N) is 1. The molecule has 3 rings (SSSR count). The van der Waals surface area contributed by atoms with Crippen molar-refractivity contribution in [2.75, 3.05) is 14.2 Å². The largest absolute Gasteiger partial charge is 0.341 e. The summed E-state index contributed by atoms with van der Waals surface area (Å²) in [7, 11) is 3.15. The summed E-state index contributed by atoms with van der Waals surface area (Å²) < 4.78 is 0. The van der Waals surface area contributed by atoms with E-state index in [4.69, 9.17) is 4.84 Å².